The molecule has 1 nitrogen and oxygen atoms in total. The predicted octanol–water partition coefficient (Wildman–Crippen LogP) is 5.19. The molecule has 0 N–H and O–H groups in total. The molecule has 20 heavy (non-hydrogen) atoms. The van der Waals surface area contributed by atoms with Crippen LogP contribution in [0.3, 0.4) is 0 Å². The van der Waals surface area contributed by atoms with Crippen molar-refractivity contribution in [1.82, 2.24) is 4.90 Å². The van der Waals surface area contributed by atoms with Gasteiger partial charge in [0.05, 0.1) is 0 Å². The van der Waals surface area contributed by atoms with Gasteiger partial charge in [0.25, 0.3) is 0 Å². The molecule has 2 aliphatic rings. The fraction of sp³-hybridized carbons (Fsp3) is 0.789. The Kier molecular flexibility index (Phi) is 6.86. The molecule has 0 spiro atoms. The minimum Gasteiger partial charge on any atom is -0.293 e. The van der Waals surface area contributed by atoms with Crippen molar-refractivity contribution in [2.45, 2.75) is 70.3 Å². The maximum Gasteiger partial charge on any atom is 0.0167 e. The molecular weight excluding hydrogens is 242 g/mol. The van der Waals surface area contributed by atoms with E-state index in [4.69, 9.17) is 0 Å². The van der Waals surface area contributed by atoms with Crippen LogP contribution in [0.1, 0.15) is 64.2 Å². The van der Waals surface area contributed by atoms with E-state index in [0.717, 1.165) is 31.0 Å². The molecule has 0 aromatic carbocycles. The SMILES string of the molecule is C=CCN(CC=C)C(C1CCCCC1)C1CCCCC1. The van der Waals surface area contributed by atoms with Crippen LogP contribution in [-0.4, -0.2) is 24.0 Å². The largest absolute Gasteiger partial charge is 0.293 e. The quantitative estimate of drug-likeness (QED) is 0.578. The van der Waals surface area contributed by atoms with E-state index in [1.54, 1.807) is 0 Å². The van der Waals surface area contributed by atoms with Crippen molar-refractivity contribution in [2.24, 2.45) is 11.8 Å². The third-order valence-corrected chi connectivity index (χ3v) is 5.41. The van der Waals surface area contributed by atoms with Crippen LogP contribution in [0.15, 0.2) is 25.3 Å². The van der Waals surface area contributed by atoms with Crippen molar-refractivity contribution in [3.05, 3.63) is 25.3 Å². The van der Waals surface area contributed by atoms with Gasteiger partial charge in [0.15, 0.2) is 0 Å². The summed E-state index contributed by atoms with van der Waals surface area (Å²) in [6.45, 7) is 10.0. The summed E-state index contributed by atoms with van der Waals surface area (Å²) in [5, 5.41) is 0. The van der Waals surface area contributed by atoms with Gasteiger partial charge in [0, 0.05) is 19.1 Å². The third kappa shape index (κ3) is 4.22. The van der Waals surface area contributed by atoms with E-state index in [1.165, 1.54) is 64.2 Å². The molecule has 0 amide bonds. The summed E-state index contributed by atoms with van der Waals surface area (Å²) in [7, 11) is 0. The first-order valence-electron chi connectivity index (χ1n) is 8.82. The van der Waals surface area contributed by atoms with Crippen molar-refractivity contribution >= 4 is 0 Å². The molecule has 1 heteroatoms. The minimum atomic E-state index is 0.784. The number of hydrogen-bond donors (Lipinski definition) is 0. The molecule has 0 bridgehead atoms. The smallest absolute Gasteiger partial charge is 0.0167 e. The summed E-state index contributed by atoms with van der Waals surface area (Å²) in [5.41, 5.74) is 0. The maximum atomic E-state index is 3.98. The van der Waals surface area contributed by atoms with Crippen LogP contribution in [0.2, 0.25) is 0 Å². The summed E-state index contributed by atoms with van der Waals surface area (Å²) in [6, 6.07) is 0.784. The molecular formula is C19H33N. The van der Waals surface area contributed by atoms with E-state index in [-0.39, 0.29) is 0 Å². The normalized spacial score (nSPS) is 22.3. The van der Waals surface area contributed by atoms with Crippen LogP contribution in [0, 0.1) is 11.8 Å². The van der Waals surface area contributed by atoms with Crippen molar-refractivity contribution in [1.29, 1.82) is 0 Å². The summed E-state index contributed by atoms with van der Waals surface area (Å²) in [6.07, 6.45) is 18.7. The highest BCUT2D eigenvalue weighted by Crippen LogP contribution is 2.38. The van der Waals surface area contributed by atoms with E-state index in [2.05, 4.69) is 30.2 Å². The molecule has 0 radical (unpaired) electrons. The Bertz CT molecular complexity index is 256. The first-order chi connectivity index (χ1) is 9.86. The van der Waals surface area contributed by atoms with E-state index >= 15 is 0 Å². The zero-order valence-electron chi connectivity index (χ0n) is 13.2. The zero-order chi connectivity index (χ0) is 14.2. The molecule has 0 heterocycles. The Balaban J connectivity index is 2.10. The van der Waals surface area contributed by atoms with Crippen LogP contribution in [-0.2, 0) is 0 Å². The van der Waals surface area contributed by atoms with Gasteiger partial charge in [-0.15, -0.1) is 13.2 Å². The van der Waals surface area contributed by atoms with E-state index < -0.39 is 0 Å². The van der Waals surface area contributed by atoms with Crippen LogP contribution in [0.4, 0.5) is 0 Å². The van der Waals surface area contributed by atoms with Gasteiger partial charge in [-0.3, -0.25) is 4.90 Å². The second kappa shape index (κ2) is 8.67. The van der Waals surface area contributed by atoms with Gasteiger partial charge in [0.1, 0.15) is 0 Å². The van der Waals surface area contributed by atoms with Gasteiger partial charge in [-0.2, -0.15) is 0 Å². The molecule has 0 unspecified atom stereocenters. The monoisotopic (exact) mass is 275 g/mol. The highest BCUT2D eigenvalue weighted by atomic mass is 15.2. The molecule has 2 rings (SSSR count). The van der Waals surface area contributed by atoms with Crippen molar-refractivity contribution in [3.8, 4) is 0 Å². The second-order valence-electron chi connectivity index (χ2n) is 6.82. The zero-order valence-corrected chi connectivity index (χ0v) is 13.2. The number of hydrogen-bond acceptors (Lipinski definition) is 1. The van der Waals surface area contributed by atoms with E-state index in [0.29, 0.717) is 0 Å². The average molecular weight is 275 g/mol. The second-order valence-corrected chi connectivity index (χ2v) is 6.82. The first kappa shape index (κ1) is 15.8. The molecule has 2 aliphatic carbocycles. The molecule has 0 atom stereocenters. The summed E-state index contributed by atoms with van der Waals surface area (Å²) in [4.78, 5) is 2.67. The van der Waals surface area contributed by atoms with Gasteiger partial charge >= 0.3 is 0 Å². The van der Waals surface area contributed by atoms with Crippen molar-refractivity contribution < 1.29 is 0 Å². The van der Waals surface area contributed by atoms with Gasteiger partial charge in [-0.1, -0.05) is 50.7 Å². The summed E-state index contributed by atoms with van der Waals surface area (Å²) < 4.78 is 0. The maximum absolute atomic E-state index is 3.98. The lowest BCUT2D eigenvalue weighted by atomic mass is 9.73. The van der Waals surface area contributed by atoms with Gasteiger partial charge in [-0.05, 0) is 37.5 Å². The van der Waals surface area contributed by atoms with Crippen LogP contribution < -0.4 is 0 Å². The fourth-order valence-corrected chi connectivity index (χ4v) is 4.58. The summed E-state index contributed by atoms with van der Waals surface area (Å²) >= 11 is 0. The van der Waals surface area contributed by atoms with Gasteiger partial charge in [0.2, 0.25) is 0 Å². The number of nitrogens with zero attached hydrogens (tertiary/aromatic N) is 1. The molecule has 2 fully saturated rings. The minimum absolute atomic E-state index is 0.784. The Morgan fingerprint density at radius 2 is 1.15 bits per heavy atom. The van der Waals surface area contributed by atoms with Gasteiger partial charge in [-0.25, -0.2) is 0 Å². The van der Waals surface area contributed by atoms with Crippen molar-refractivity contribution in [3.63, 3.8) is 0 Å². The average Bonchev–Trinajstić information content (AvgIpc) is 2.50. The Hall–Kier alpha value is -0.560. The van der Waals surface area contributed by atoms with Crippen LogP contribution in [0.25, 0.3) is 0 Å². The highest BCUT2D eigenvalue weighted by molar-refractivity contribution is 4.93. The first-order valence-corrected chi connectivity index (χ1v) is 8.82. The van der Waals surface area contributed by atoms with E-state index in [9.17, 15) is 0 Å². The number of rotatable bonds is 7. The van der Waals surface area contributed by atoms with Crippen LogP contribution >= 0.6 is 0 Å². The molecule has 0 aromatic rings. The Labute approximate surface area is 126 Å². The third-order valence-electron chi connectivity index (χ3n) is 5.41. The molecule has 114 valence electrons. The molecule has 0 saturated heterocycles. The lowest BCUT2D eigenvalue weighted by Crippen LogP contribution is -2.47. The highest BCUT2D eigenvalue weighted by Gasteiger charge is 2.34. The standard InChI is InChI=1S/C19H33N/c1-3-15-20(16-4-2)19(17-11-7-5-8-12-17)18-13-9-6-10-14-18/h3-4,17-19H,1-2,5-16H2. The molecule has 0 aliphatic heterocycles. The molecule has 2 saturated carbocycles. The topological polar surface area (TPSA) is 3.24 Å². The van der Waals surface area contributed by atoms with Gasteiger partial charge < -0.3 is 0 Å². The lowest BCUT2D eigenvalue weighted by molar-refractivity contribution is 0.0706. The van der Waals surface area contributed by atoms with Crippen molar-refractivity contribution in [2.75, 3.05) is 13.1 Å². The lowest BCUT2D eigenvalue weighted by Gasteiger charge is -2.44. The van der Waals surface area contributed by atoms with E-state index in [1.807, 2.05) is 0 Å². The fourth-order valence-electron chi connectivity index (χ4n) is 4.58. The predicted molar refractivity (Wildman–Crippen MR) is 88.9 cm³/mol. The Morgan fingerprint density at radius 3 is 1.50 bits per heavy atom. The Morgan fingerprint density at radius 1 is 0.750 bits per heavy atom. The summed E-state index contributed by atoms with van der Waals surface area (Å²) in [5.74, 6) is 1.85. The van der Waals surface area contributed by atoms with Crippen LogP contribution in [0.5, 0.6) is 0 Å². The molecule has 0 aromatic heterocycles.